The zero-order chi connectivity index (χ0) is 32.2. The van der Waals surface area contributed by atoms with E-state index in [0.717, 1.165) is 77.3 Å². The van der Waals surface area contributed by atoms with Crippen molar-refractivity contribution in [3.8, 4) is 0 Å². The van der Waals surface area contributed by atoms with E-state index in [-0.39, 0.29) is 14.7 Å². The first kappa shape index (κ1) is 34.3. The van der Waals surface area contributed by atoms with Crippen molar-refractivity contribution in [3.63, 3.8) is 0 Å². The van der Waals surface area contributed by atoms with Crippen LogP contribution < -0.4 is 10.6 Å². The Morgan fingerprint density at radius 3 is 2.52 bits per heavy atom. The molecule has 8 nitrogen and oxygen atoms in total. The van der Waals surface area contributed by atoms with Crippen molar-refractivity contribution in [1.82, 2.24) is 25.1 Å². The van der Waals surface area contributed by atoms with Crippen LogP contribution >= 0.6 is 0 Å². The van der Waals surface area contributed by atoms with Crippen LogP contribution in [-0.2, 0) is 0 Å². The highest BCUT2D eigenvalue weighted by Crippen LogP contribution is 2.38. The number of aromatic amines is 1. The Bertz CT molecular complexity index is 1430. The Kier molecular flexibility index (Phi) is 13.0. The molecular weight excluding hydrogens is 546 g/mol. The number of hydrogen-bond donors (Lipinski definition) is 4. The third-order valence-corrected chi connectivity index (χ3v) is 8.01. The van der Waals surface area contributed by atoms with Gasteiger partial charge >= 0.3 is 0 Å². The molecule has 2 aromatic heterocycles. The highest BCUT2D eigenvalue weighted by atomic mass is 16.1. The summed E-state index contributed by atoms with van der Waals surface area (Å²) in [6, 6.07) is 4.50. The molecule has 0 aromatic carbocycles. The topological polar surface area (TPSA) is 100 Å². The molecule has 8 heteroatoms. The van der Waals surface area contributed by atoms with Gasteiger partial charge in [-0.1, -0.05) is 51.7 Å². The second-order valence-electron chi connectivity index (χ2n) is 11.4. The fraction of sp³-hybridized carbons (Fsp3) is 0.417. The normalized spacial score (nSPS) is 17.0. The van der Waals surface area contributed by atoms with Gasteiger partial charge in [-0.15, -0.1) is 0 Å². The first-order chi connectivity index (χ1) is 21.2. The average molecular weight is 602 g/mol. The summed E-state index contributed by atoms with van der Waals surface area (Å²) in [5.41, 5.74) is 7.74. The first-order valence-electron chi connectivity index (χ1n) is 15.8. The lowest BCUT2D eigenvalue weighted by atomic mass is 9.98. The predicted molar refractivity (Wildman–Crippen MR) is 190 cm³/mol. The van der Waals surface area contributed by atoms with Gasteiger partial charge < -0.3 is 30.8 Å². The molecule has 0 radical (unpaired) electrons. The van der Waals surface area contributed by atoms with E-state index in [1.807, 2.05) is 64.3 Å². The van der Waals surface area contributed by atoms with E-state index in [4.69, 9.17) is 5.41 Å². The molecule has 0 aliphatic heterocycles. The molecule has 1 amide bonds. The van der Waals surface area contributed by atoms with Gasteiger partial charge in [0.1, 0.15) is 0 Å². The molecule has 2 aromatic rings. The number of amides is 1. The van der Waals surface area contributed by atoms with E-state index in [1.54, 1.807) is 6.20 Å². The number of carbonyl (C=O) groups is 1. The van der Waals surface area contributed by atoms with Gasteiger partial charge in [-0.25, -0.2) is 0 Å². The number of aromatic nitrogens is 2. The standard InChI is InChI=1S/C34H45N7O.C2H6.2H2/c1-7-25(22-40(4)5)26-17-32(38-20-26)33-23(2)16-31(29(33)19-35)39-30-18-27(21-37-24(30)3)34(42)36-14-15-41(6)28-12-10-8-9-11-13-28;1-2;;/h7-9,16-23,28,35,38-39H,1,10-15H2,2-6H3,(H,36,42);1-2H3;2*1H/b25-22+,35-19?;;;. The van der Waals surface area contributed by atoms with Crippen LogP contribution in [0.3, 0.4) is 0 Å². The third-order valence-electron chi connectivity index (χ3n) is 8.01. The molecule has 240 valence electrons. The number of anilines is 1. The van der Waals surface area contributed by atoms with E-state index >= 15 is 0 Å². The summed E-state index contributed by atoms with van der Waals surface area (Å²) in [6.45, 7) is 13.4. The van der Waals surface area contributed by atoms with Crippen molar-refractivity contribution in [1.29, 1.82) is 5.41 Å². The lowest BCUT2D eigenvalue weighted by Crippen LogP contribution is -2.38. The summed E-state index contributed by atoms with van der Waals surface area (Å²) in [4.78, 5) is 25.3. The van der Waals surface area contributed by atoms with Gasteiger partial charge in [-0.2, -0.15) is 0 Å². The number of nitrogens with zero attached hydrogens (tertiary/aromatic N) is 3. The van der Waals surface area contributed by atoms with Crippen LogP contribution in [0.25, 0.3) is 11.1 Å². The Morgan fingerprint density at radius 1 is 1.18 bits per heavy atom. The van der Waals surface area contributed by atoms with Crippen molar-refractivity contribution in [2.75, 3.05) is 39.5 Å². The quantitative estimate of drug-likeness (QED) is 0.114. The number of pyridine rings is 1. The maximum absolute atomic E-state index is 13.0. The molecule has 0 fully saturated rings. The van der Waals surface area contributed by atoms with Crippen molar-refractivity contribution in [3.05, 3.63) is 95.4 Å². The summed E-state index contributed by atoms with van der Waals surface area (Å²) in [6.07, 6.45) is 20.1. The van der Waals surface area contributed by atoms with Gasteiger partial charge in [0, 0.05) is 89.3 Å². The smallest absolute Gasteiger partial charge is 0.252 e. The number of carbonyl (C=O) groups excluding carboxylic acids is 1. The summed E-state index contributed by atoms with van der Waals surface area (Å²) >= 11 is 0. The number of hydrogen-bond acceptors (Lipinski definition) is 6. The molecule has 2 aliphatic carbocycles. The average Bonchev–Trinajstić information content (AvgIpc) is 3.50. The minimum atomic E-state index is -0.138. The number of nitrogens with one attached hydrogen (secondary N) is 4. The maximum Gasteiger partial charge on any atom is 0.252 e. The molecule has 2 aliphatic rings. The summed E-state index contributed by atoms with van der Waals surface area (Å²) < 4.78 is 0. The van der Waals surface area contributed by atoms with E-state index in [2.05, 4.69) is 70.3 Å². The number of rotatable bonds is 12. The fourth-order valence-corrected chi connectivity index (χ4v) is 5.67. The SMILES string of the molecule is C=C/C(=C\N(C)C)c1c[nH]c(C2=C(C=N)C(Nc3cc(C(=O)NCCN(C)C4CCC=CCC4)cnc3C)=CC2C)c1.CC.[HH].[HH]. The molecule has 4 N–H and O–H groups in total. The highest BCUT2D eigenvalue weighted by molar-refractivity contribution is 5.99. The lowest BCUT2D eigenvalue weighted by Gasteiger charge is -2.27. The second-order valence-corrected chi connectivity index (χ2v) is 11.4. The van der Waals surface area contributed by atoms with Crippen molar-refractivity contribution < 1.29 is 7.65 Å². The van der Waals surface area contributed by atoms with Crippen LogP contribution in [0.15, 0.2) is 72.9 Å². The molecule has 0 saturated heterocycles. The Labute approximate surface area is 267 Å². The summed E-state index contributed by atoms with van der Waals surface area (Å²) in [5.74, 6) is -0.0527. The summed E-state index contributed by atoms with van der Waals surface area (Å²) in [7, 11) is 6.11. The molecule has 1 atom stereocenters. The minimum Gasteiger partial charge on any atom is -0.383 e. The van der Waals surface area contributed by atoms with Crippen LogP contribution in [0.1, 0.15) is 76.6 Å². The van der Waals surface area contributed by atoms with Gasteiger partial charge in [0.25, 0.3) is 5.91 Å². The predicted octanol–water partition coefficient (Wildman–Crippen LogP) is 7.53. The van der Waals surface area contributed by atoms with E-state index < -0.39 is 0 Å². The number of aryl methyl sites for hydroxylation is 1. The largest absolute Gasteiger partial charge is 0.383 e. The Balaban J connectivity index is 0.00000259. The van der Waals surface area contributed by atoms with Crippen molar-refractivity contribution in [2.24, 2.45) is 5.92 Å². The molecule has 0 spiro atoms. The van der Waals surface area contributed by atoms with Crippen LogP contribution in [0.4, 0.5) is 5.69 Å². The number of H-pyrrole nitrogens is 1. The number of likely N-dealkylation sites (N-methyl/N-ethyl adjacent to an activating group) is 1. The molecule has 1 unspecified atom stereocenters. The van der Waals surface area contributed by atoms with Crippen LogP contribution in [0.2, 0.25) is 0 Å². The molecule has 44 heavy (non-hydrogen) atoms. The van der Waals surface area contributed by atoms with E-state index in [0.29, 0.717) is 18.2 Å². The van der Waals surface area contributed by atoms with Crippen LogP contribution in [0, 0.1) is 18.3 Å². The molecular formula is C36H55N7O. The van der Waals surface area contributed by atoms with Crippen LogP contribution in [-0.4, -0.2) is 72.2 Å². The third kappa shape index (κ3) is 8.69. The monoisotopic (exact) mass is 601 g/mol. The molecule has 2 heterocycles. The van der Waals surface area contributed by atoms with Crippen LogP contribution in [0.5, 0.6) is 0 Å². The number of allylic oxidation sites excluding steroid dienone is 7. The maximum atomic E-state index is 13.0. The van der Waals surface area contributed by atoms with Gasteiger partial charge in [-0.3, -0.25) is 9.78 Å². The van der Waals surface area contributed by atoms with E-state index in [1.165, 1.54) is 6.21 Å². The minimum absolute atomic E-state index is 0. The highest BCUT2D eigenvalue weighted by Gasteiger charge is 2.26. The lowest BCUT2D eigenvalue weighted by molar-refractivity contribution is 0.0946. The Morgan fingerprint density at radius 2 is 1.89 bits per heavy atom. The van der Waals surface area contributed by atoms with Gasteiger partial charge in [0.2, 0.25) is 0 Å². The first-order valence-corrected chi connectivity index (χ1v) is 15.8. The zero-order valence-electron chi connectivity index (χ0n) is 27.6. The Hall–Kier alpha value is -4.17. The van der Waals surface area contributed by atoms with Crippen molar-refractivity contribution >= 4 is 29.0 Å². The van der Waals surface area contributed by atoms with Gasteiger partial charge in [0.05, 0.1) is 16.9 Å². The fourth-order valence-electron chi connectivity index (χ4n) is 5.67. The zero-order valence-corrected chi connectivity index (χ0v) is 27.6. The van der Waals surface area contributed by atoms with Gasteiger partial charge in [0.15, 0.2) is 0 Å². The van der Waals surface area contributed by atoms with Gasteiger partial charge in [-0.05, 0) is 62.9 Å². The second kappa shape index (κ2) is 16.6. The summed E-state index contributed by atoms with van der Waals surface area (Å²) in [5, 5.41) is 14.8. The van der Waals surface area contributed by atoms with E-state index in [9.17, 15) is 4.79 Å². The molecule has 0 saturated carbocycles. The molecule has 4 rings (SSSR count). The van der Waals surface area contributed by atoms with Crippen molar-refractivity contribution in [2.45, 2.75) is 59.4 Å². The molecule has 0 bridgehead atoms.